The molecule has 4 heteroatoms. The van der Waals surface area contributed by atoms with E-state index in [1.165, 1.54) is 5.57 Å². The minimum absolute atomic E-state index is 0. The molecule has 0 aliphatic heterocycles. The summed E-state index contributed by atoms with van der Waals surface area (Å²) in [5, 5.41) is 3.97. The zero-order valence-corrected chi connectivity index (χ0v) is 13.4. The van der Waals surface area contributed by atoms with Gasteiger partial charge in [-0.25, -0.2) is 0 Å². The maximum absolute atomic E-state index is 11.9. The summed E-state index contributed by atoms with van der Waals surface area (Å²) in [5.74, 6) is 0. The third-order valence-electron chi connectivity index (χ3n) is 3.77. The van der Waals surface area contributed by atoms with Gasteiger partial charge in [-0.2, -0.15) is 0 Å². The van der Waals surface area contributed by atoms with Crippen molar-refractivity contribution in [3.05, 3.63) is 47.3 Å². The molecule has 1 unspecified atom stereocenters. The Hall–Kier alpha value is -1.17. The normalized spacial score (nSPS) is 22.2. The first-order valence-electron chi connectivity index (χ1n) is 7.13. The van der Waals surface area contributed by atoms with Crippen molar-refractivity contribution in [2.75, 3.05) is 0 Å². The topological polar surface area (TPSA) is 40.4 Å². The van der Waals surface area contributed by atoms with Crippen LogP contribution in [-0.2, 0) is 4.74 Å². The molecule has 108 valence electrons. The van der Waals surface area contributed by atoms with Gasteiger partial charge in [0.2, 0.25) is 6.09 Å². The first-order valence-corrected chi connectivity index (χ1v) is 7.13. The van der Waals surface area contributed by atoms with Gasteiger partial charge >= 0.3 is 18.9 Å². The number of carbonyl (C=O) groups excluding carboxylic acids is 1. The van der Waals surface area contributed by atoms with Crippen LogP contribution in [0.3, 0.4) is 0 Å². The molecule has 2 rings (SSSR count). The van der Waals surface area contributed by atoms with Gasteiger partial charge in [0, 0.05) is 0 Å². The Kier molecular flexibility index (Phi) is 6.58. The number of ether oxygens (including phenoxy) is 1. The second kappa shape index (κ2) is 7.73. The van der Waals surface area contributed by atoms with Gasteiger partial charge in [-0.3, -0.25) is 4.79 Å². The van der Waals surface area contributed by atoms with Gasteiger partial charge in [0.1, 0.15) is 6.10 Å². The monoisotopic (exact) mass is 279 g/mol. The SMILES string of the molecule is C/C=C1\CC(C)(C)CCC1OC(=O)[N-]c1ccccc1.[Li+]. The number of para-hydroxylation sites is 1. The van der Waals surface area contributed by atoms with E-state index in [-0.39, 0.29) is 25.0 Å². The van der Waals surface area contributed by atoms with Crippen LogP contribution in [0.2, 0.25) is 0 Å². The second-order valence-electron chi connectivity index (χ2n) is 6.06. The average molecular weight is 279 g/mol. The molecular formula is C17H22LiNO2. The standard InChI is InChI=1S/C17H23NO2.Li/c1-4-13-12-17(2,3)11-10-15(13)20-16(19)18-14-8-6-5-7-9-14;/h4-9,15H,10-12H2,1-3H3,(H,18,19);/q;+1/p-1/b13-4+;. The van der Waals surface area contributed by atoms with Crippen LogP contribution in [0.5, 0.6) is 0 Å². The second-order valence-corrected chi connectivity index (χ2v) is 6.06. The summed E-state index contributed by atoms with van der Waals surface area (Å²) in [6.45, 7) is 6.51. The third-order valence-corrected chi connectivity index (χ3v) is 3.77. The summed E-state index contributed by atoms with van der Waals surface area (Å²) in [5.41, 5.74) is 2.13. The molecule has 1 aliphatic rings. The van der Waals surface area contributed by atoms with Crippen molar-refractivity contribution >= 4 is 11.8 Å². The summed E-state index contributed by atoms with van der Waals surface area (Å²) >= 11 is 0. The van der Waals surface area contributed by atoms with Crippen LogP contribution in [0.1, 0.15) is 40.0 Å². The molecule has 1 saturated carbocycles. The molecule has 21 heavy (non-hydrogen) atoms. The summed E-state index contributed by atoms with van der Waals surface area (Å²) in [6.07, 6.45) is 4.37. The molecule has 1 aliphatic carbocycles. The van der Waals surface area contributed by atoms with E-state index < -0.39 is 6.09 Å². The summed E-state index contributed by atoms with van der Waals surface area (Å²) in [7, 11) is 0. The van der Waals surface area contributed by atoms with E-state index in [1.54, 1.807) is 12.1 Å². The van der Waals surface area contributed by atoms with Gasteiger partial charge in [-0.1, -0.05) is 50.3 Å². The van der Waals surface area contributed by atoms with Crippen LogP contribution >= 0.6 is 0 Å². The predicted octanol–water partition coefficient (Wildman–Crippen LogP) is 2.36. The molecule has 0 spiro atoms. The largest absolute Gasteiger partial charge is 1.00 e. The molecule has 1 fully saturated rings. The Morgan fingerprint density at radius 2 is 2.00 bits per heavy atom. The molecule has 0 aromatic heterocycles. The van der Waals surface area contributed by atoms with E-state index in [4.69, 9.17) is 4.74 Å². The van der Waals surface area contributed by atoms with Crippen molar-refractivity contribution in [3.63, 3.8) is 0 Å². The molecular weight excluding hydrogens is 257 g/mol. The van der Waals surface area contributed by atoms with Gasteiger partial charge < -0.3 is 10.1 Å². The zero-order valence-electron chi connectivity index (χ0n) is 13.4. The summed E-state index contributed by atoms with van der Waals surface area (Å²) in [6, 6.07) is 9.19. The Morgan fingerprint density at radius 1 is 1.33 bits per heavy atom. The van der Waals surface area contributed by atoms with E-state index >= 15 is 0 Å². The van der Waals surface area contributed by atoms with Crippen LogP contribution < -0.4 is 18.9 Å². The fraction of sp³-hybridized carbons (Fsp3) is 0.471. The predicted molar refractivity (Wildman–Crippen MR) is 81.1 cm³/mol. The molecule has 0 saturated heterocycles. The first-order chi connectivity index (χ1) is 9.50. The number of hydrogen-bond donors (Lipinski definition) is 0. The van der Waals surface area contributed by atoms with Crippen molar-refractivity contribution in [2.45, 2.75) is 46.1 Å². The minimum atomic E-state index is -0.500. The molecule has 1 atom stereocenters. The van der Waals surface area contributed by atoms with E-state index in [9.17, 15) is 4.79 Å². The Bertz CT molecular complexity index is 497. The van der Waals surface area contributed by atoms with Gasteiger partial charge in [0.25, 0.3) is 0 Å². The fourth-order valence-corrected chi connectivity index (χ4v) is 2.64. The maximum Gasteiger partial charge on any atom is 1.00 e. The van der Waals surface area contributed by atoms with Crippen LogP contribution in [0.25, 0.3) is 5.32 Å². The number of rotatable bonds is 2. The molecule has 1 amide bonds. The summed E-state index contributed by atoms with van der Waals surface area (Å²) in [4.78, 5) is 11.9. The van der Waals surface area contributed by atoms with Gasteiger partial charge in [0.05, 0.1) is 0 Å². The van der Waals surface area contributed by atoms with Crippen molar-refractivity contribution in [1.29, 1.82) is 0 Å². The van der Waals surface area contributed by atoms with Crippen molar-refractivity contribution in [2.24, 2.45) is 5.41 Å². The summed E-state index contributed by atoms with van der Waals surface area (Å²) < 4.78 is 5.52. The van der Waals surface area contributed by atoms with Crippen LogP contribution in [-0.4, -0.2) is 12.2 Å². The van der Waals surface area contributed by atoms with E-state index in [1.807, 2.05) is 25.1 Å². The quantitative estimate of drug-likeness (QED) is 0.616. The zero-order chi connectivity index (χ0) is 14.6. The number of allylic oxidation sites excluding steroid dienone is 1. The maximum atomic E-state index is 11.9. The number of amides is 1. The van der Waals surface area contributed by atoms with Crippen LogP contribution in [0, 0.1) is 5.41 Å². The van der Waals surface area contributed by atoms with Crippen LogP contribution in [0.4, 0.5) is 10.5 Å². The number of nitrogens with zero attached hydrogens (tertiary/aromatic N) is 1. The number of carbonyl (C=O) groups is 1. The first kappa shape index (κ1) is 17.9. The molecule has 3 nitrogen and oxygen atoms in total. The molecule has 1 aromatic carbocycles. The van der Waals surface area contributed by atoms with E-state index in [0.29, 0.717) is 11.1 Å². The minimum Gasteiger partial charge on any atom is -0.591 e. The smallest absolute Gasteiger partial charge is 0.591 e. The molecule has 0 heterocycles. The molecule has 0 bridgehead atoms. The van der Waals surface area contributed by atoms with Crippen LogP contribution in [0.15, 0.2) is 42.0 Å². The Morgan fingerprint density at radius 3 is 2.62 bits per heavy atom. The van der Waals surface area contributed by atoms with Gasteiger partial charge in [0.15, 0.2) is 0 Å². The molecule has 0 radical (unpaired) electrons. The number of hydrogen-bond acceptors (Lipinski definition) is 2. The van der Waals surface area contributed by atoms with Crippen molar-refractivity contribution < 1.29 is 28.4 Å². The van der Waals surface area contributed by atoms with E-state index in [0.717, 1.165) is 19.3 Å². The van der Waals surface area contributed by atoms with Crippen molar-refractivity contribution in [1.82, 2.24) is 0 Å². The van der Waals surface area contributed by atoms with Gasteiger partial charge in [-0.15, -0.1) is 5.69 Å². The fourth-order valence-electron chi connectivity index (χ4n) is 2.64. The molecule has 0 N–H and O–H groups in total. The number of benzene rings is 1. The third kappa shape index (κ3) is 5.26. The van der Waals surface area contributed by atoms with E-state index in [2.05, 4.69) is 25.2 Å². The average Bonchev–Trinajstić information content (AvgIpc) is 2.41. The Balaban J connectivity index is 0.00000220. The Labute approximate surface area is 139 Å². The molecule has 1 aromatic rings. The van der Waals surface area contributed by atoms with Gasteiger partial charge in [-0.05, 0) is 37.2 Å². The van der Waals surface area contributed by atoms with Crippen molar-refractivity contribution in [3.8, 4) is 0 Å².